The summed E-state index contributed by atoms with van der Waals surface area (Å²) < 4.78 is 0. The molecule has 1 saturated carbocycles. The van der Waals surface area contributed by atoms with Crippen LogP contribution in [0.2, 0.25) is 0 Å². The average Bonchev–Trinajstić information content (AvgIpc) is 2.42. The summed E-state index contributed by atoms with van der Waals surface area (Å²) >= 11 is 0. The van der Waals surface area contributed by atoms with E-state index in [0.717, 1.165) is 32.1 Å². The Labute approximate surface area is 109 Å². The van der Waals surface area contributed by atoms with Gasteiger partial charge in [-0.1, -0.05) is 25.5 Å². The summed E-state index contributed by atoms with van der Waals surface area (Å²) in [5, 5.41) is 0. The highest BCUT2D eigenvalue weighted by molar-refractivity contribution is 6.39. The molecule has 2 aliphatic rings. The Balaban J connectivity index is 2.50. The molecule has 3 nitrogen and oxygen atoms in total. The summed E-state index contributed by atoms with van der Waals surface area (Å²) in [5.74, 6) is 0.142. The zero-order valence-corrected chi connectivity index (χ0v) is 11.7. The number of Topliss-reactive ketones (excluding diaryl/α,β-unsaturated/α-hetero) is 1. The number of hydrogen-bond donors (Lipinski definition) is 1. The topological polar surface area (TPSA) is 55.0 Å². The SMILES string of the molecule is CC1=CCC2(CC1)C(=O)C(=[N+]=N)CCCC2(C)C. The Morgan fingerprint density at radius 1 is 1.28 bits per heavy atom. The predicted octanol–water partition coefficient (Wildman–Crippen LogP) is 3.56. The molecule has 0 bridgehead atoms. The molecule has 2 aliphatic carbocycles. The summed E-state index contributed by atoms with van der Waals surface area (Å²) in [6.45, 7) is 6.57. The average molecular weight is 247 g/mol. The molecule has 1 spiro atoms. The molecular formula is C15H23N2O+. The summed E-state index contributed by atoms with van der Waals surface area (Å²) in [4.78, 5) is 16.3. The van der Waals surface area contributed by atoms with E-state index in [0.29, 0.717) is 12.1 Å². The molecule has 3 heteroatoms. The number of allylic oxidation sites excluding steroid dienone is 2. The highest BCUT2D eigenvalue weighted by atomic mass is 16.1. The third kappa shape index (κ3) is 1.87. The zero-order chi connectivity index (χ0) is 13.4. The van der Waals surface area contributed by atoms with Crippen molar-refractivity contribution >= 4 is 11.5 Å². The summed E-state index contributed by atoms with van der Waals surface area (Å²) in [6, 6.07) is 0. The predicted molar refractivity (Wildman–Crippen MR) is 70.7 cm³/mol. The molecule has 1 atom stereocenters. The van der Waals surface area contributed by atoms with Crippen LogP contribution < -0.4 is 0 Å². The molecule has 0 heterocycles. The second kappa shape index (κ2) is 4.47. The van der Waals surface area contributed by atoms with Crippen LogP contribution in [-0.4, -0.2) is 16.3 Å². The van der Waals surface area contributed by atoms with E-state index in [-0.39, 0.29) is 16.6 Å². The minimum Gasteiger partial charge on any atom is -0.286 e. The third-order valence-corrected chi connectivity index (χ3v) is 5.09. The summed E-state index contributed by atoms with van der Waals surface area (Å²) in [7, 11) is 0. The van der Waals surface area contributed by atoms with Crippen molar-refractivity contribution in [1.29, 1.82) is 5.53 Å². The van der Waals surface area contributed by atoms with Crippen LogP contribution in [0, 0.1) is 16.4 Å². The van der Waals surface area contributed by atoms with Crippen molar-refractivity contribution in [2.75, 3.05) is 0 Å². The van der Waals surface area contributed by atoms with Crippen LogP contribution in [0.1, 0.15) is 59.3 Å². The first-order valence-corrected chi connectivity index (χ1v) is 6.87. The molecule has 0 saturated heterocycles. The lowest BCUT2D eigenvalue weighted by Crippen LogP contribution is -2.47. The van der Waals surface area contributed by atoms with Crippen LogP contribution in [0.25, 0.3) is 0 Å². The molecule has 2 rings (SSSR count). The lowest BCUT2D eigenvalue weighted by atomic mass is 9.56. The van der Waals surface area contributed by atoms with Crippen molar-refractivity contribution in [1.82, 2.24) is 0 Å². The Morgan fingerprint density at radius 2 is 2.00 bits per heavy atom. The Hall–Kier alpha value is -1.21. The maximum absolute atomic E-state index is 12.8. The van der Waals surface area contributed by atoms with Gasteiger partial charge in [-0.3, -0.25) is 4.79 Å². The van der Waals surface area contributed by atoms with Crippen molar-refractivity contribution < 1.29 is 9.58 Å². The van der Waals surface area contributed by atoms with E-state index in [1.54, 1.807) is 0 Å². The van der Waals surface area contributed by atoms with Gasteiger partial charge in [-0.2, -0.15) is 0 Å². The van der Waals surface area contributed by atoms with Gasteiger partial charge in [-0.05, 0) is 44.4 Å². The van der Waals surface area contributed by atoms with Crippen LogP contribution in [0.4, 0.5) is 0 Å². The maximum atomic E-state index is 12.8. The normalized spacial score (nSPS) is 31.8. The quantitative estimate of drug-likeness (QED) is 0.397. The van der Waals surface area contributed by atoms with Crippen molar-refractivity contribution in [3.05, 3.63) is 11.6 Å². The fourth-order valence-electron chi connectivity index (χ4n) is 3.52. The fraction of sp³-hybridized carbons (Fsp3) is 0.733. The smallest absolute Gasteiger partial charge is 0.286 e. The highest BCUT2D eigenvalue weighted by Gasteiger charge is 2.55. The lowest BCUT2D eigenvalue weighted by Gasteiger charge is -2.45. The number of hydrogen-bond acceptors (Lipinski definition) is 2. The van der Waals surface area contributed by atoms with Crippen LogP contribution in [-0.2, 0) is 4.79 Å². The summed E-state index contributed by atoms with van der Waals surface area (Å²) in [6.07, 6.45) is 7.65. The molecular weight excluding hydrogens is 224 g/mol. The molecule has 0 aromatic heterocycles. The van der Waals surface area contributed by atoms with Gasteiger partial charge in [-0.25, -0.2) is 0 Å². The molecule has 0 amide bonds. The molecule has 1 fully saturated rings. The molecule has 1 unspecified atom stereocenters. The maximum Gasteiger partial charge on any atom is 0.384 e. The summed E-state index contributed by atoms with van der Waals surface area (Å²) in [5.41, 5.74) is 8.82. The molecule has 18 heavy (non-hydrogen) atoms. The second-order valence-electron chi connectivity index (χ2n) is 6.46. The number of ketones is 1. The van der Waals surface area contributed by atoms with Gasteiger partial charge in [0.25, 0.3) is 5.78 Å². The minimum atomic E-state index is -0.317. The molecule has 98 valence electrons. The largest absolute Gasteiger partial charge is 0.384 e. The van der Waals surface area contributed by atoms with Crippen LogP contribution in [0.3, 0.4) is 0 Å². The standard InChI is InChI=1S/C15H23N2O/c1-11-6-9-15(10-7-11)13(18)12(17-16)5-4-8-14(15,2)3/h6,16H,4-5,7-10H2,1-3H3/q+1. The first kappa shape index (κ1) is 13.2. The van der Waals surface area contributed by atoms with E-state index in [1.165, 1.54) is 5.57 Å². The highest BCUT2D eigenvalue weighted by Crippen LogP contribution is 2.53. The number of nitrogens with zero attached hydrogens (tertiary/aromatic N) is 1. The van der Waals surface area contributed by atoms with Crippen LogP contribution in [0.5, 0.6) is 0 Å². The second-order valence-corrected chi connectivity index (χ2v) is 6.46. The Bertz CT molecular complexity index is 455. The number of nitrogens with one attached hydrogen (secondary N) is 1. The van der Waals surface area contributed by atoms with Crippen LogP contribution in [0.15, 0.2) is 11.6 Å². The number of rotatable bonds is 0. The number of carbonyl (C=O) groups excluding carboxylic acids is 1. The van der Waals surface area contributed by atoms with Gasteiger partial charge >= 0.3 is 5.71 Å². The first-order chi connectivity index (χ1) is 8.43. The van der Waals surface area contributed by atoms with Gasteiger partial charge in [-0.15, -0.1) is 0 Å². The Kier molecular flexibility index (Phi) is 3.29. The molecule has 1 N–H and O–H groups in total. The molecule has 0 aliphatic heterocycles. The van der Waals surface area contributed by atoms with Gasteiger partial charge < -0.3 is 0 Å². The van der Waals surface area contributed by atoms with Crippen molar-refractivity contribution in [2.45, 2.75) is 59.3 Å². The molecule has 0 aromatic rings. The van der Waals surface area contributed by atoms with Gasteiger partial charge in [0.2, 0.25) is 0 Å². The van der Waals surface area contributed by atoms with E-state index in [2.05, 4.69) is 31.6 Å². The van der Waals surface area contributed by atoms with Crippen LogP contribution >= 0.6 is 0 Å². The van der Waals surface area contributed by atoms with E-state index < -0.39 is 0 Å². The van der Waals surface area contributed by atoms with E-state index in [1.807, 2.05) is 0 Å². The van der Waals surface area contributed by atoms with Gasteiger partial charge in [0.1, 0.15) is 0 Å². The van der Waals surface area contributed by atoms with Gasteiger partial charge in [0.05, 0.1) is 16.7 Å². The van der Waals surface area contributed by atoms with Crippen molar-refractivity contribution in [2.24, 2.45) is 10.8 Å². The lowest BCUT2D eigenvalue weighted by molar-refractivity contribution is -0.147. The monoisotopic (exact) mass is 247 g/mol. The van der Waals surface area contributed by atoms with Gasteiger partial charge in [0, 0.05) is 5.41 Å². The molecule has 0 aromatic carbocycles. The van der Waals surface area contributed by atoms with Crippen molar-refractivity contribution in [3.63, 3.8) is 0 Å². The first-order valence-electron chi connectivity index (χ1n) is 6.87. The molecule has 0 radical (unpaired) electrons. The fourth-order valence-corrected chi connectivity index (χ4v) is 3.52. The zero-order valence-electron chi connectivity index (χ0n) is 11.7. The van der Waals surface area contributed by atoms with Gasteiger partial charge in [0.15, 0.2) is 0 Å². The third-order valence-electron chi connectivity index (χ3n) is 5.09. The number of carbonyl (C=O) groups is 1. The Morgan fingerprint density at radius 3 is 2.56 bits per heavy atom. The van der Waals surface area contributed by atoms with Crippen molar-refractivity contribution in [3.8, 4) is 0 Å². The van der Waals surface area contributed by atoms with E-state index in [9.17, 15) is 4.79 Å². The van der Waals surface area contributed by atoms with E-state index in [4.69, 9.17) is 5.53 Å². The van der Waals surface area contributed by atoms with E-state index >= 15 is 0 Å². The minimum absolute atomic E-state index is 0.00766.